The fraction of sp³-hybridized carbons (Fsp3) is 0.571. The third kappa shape index (κ3) is 4.12. The number of hydrogen-bond acceptors (Lipinski definition) is 11. The van der Waals surface area contributed by atoms with E-state index in [9.17, 15) is 29.4 Å². The molecule has 4 aliphatic rings. The Labute approximate surface area is 231 Å². The van der Waals surface area contributed by atoms with Crippen LogP contribution in [0.25, 0.3) is 0 Å². The van der Waals surface area contributed by atoms with Crippen LogP contribution in [0.3, 0.4) is 0 Å². The van der Waals surface area contributed by atoms with Gasteiger partial charge in [-0.05, 0) is 64.9 Å². The molecule has 2 aliphatic heterocycles. The molecule has 0 radical (unpaired) electrons. The first-order chi connectivity index (χ1) is 18.8. The third-order valence-electron chi connectivity index (χ3n) is 8.62. The molecule has 12 nitrogen and oxygen atoms in total. The summed E-state index contributed by atoms with van der Waals surface area (Å²) >= 11 is 0. The molecule has 2 heterocycles. The summed E-state index contributed by atoms with van der Waals surface area (Å²) < 4.78 is 22.0. The van der Waals surface area contributed by atoms with Gasteiger partial charge in [0.05, 0.1) is 11.0 Å². The average molecular weight is 559 g/mol. The largest absolute Gasteiger partial charge is 0.504 e. The molecule has 1 aromatic carbocycles. The van der Waals surface area contributed by atoms with Crippen LogP contribution in [0.15, 0.2) is 24.0 Å². The van der Waals surface area contributed by atoms with Crippen LogP contribution in [-0.2, 0) is 45.2 Å². The molecule has 3 N–H and O–H groups in total. The molecule has 40 heavy (non-hydrogen) atoms. The summed E-state index contributed by atoms with van der Waals surface area (Å²) in [5.41, 5.74) is -0.391. The summed E-state index contributed by atoms with van der Waals surface area (Å²) in [6, 6.07) is 2.11. The van der Waals surface area contributed by atoms with Crippen LogP contribution in [0.4, 0.5) is 0 Å². The van der Waals surface area contributed by atoms with Gasteiger partial charge in [0.2, 0.25) is 0 Å². The highest BCUT2D eigenvalue weighted by atomic mass is 16.6. The van der Waals surface area contributed by atoms with E-state index in [0.717, 1.165) is 18.1 Å². The van der Waals surface area contributed by atoms with Gasteiger partial charge in [0.25, 0.3) is 5.91 Å². The van der Waals surface area contributed by atoms with Crippen molar-refractivity contribution in [2.75, 3.05) is 13.6 Å². The SMILES string of the molecule is CC(=O)OC(C)C(=O)NC(C)C(=O)OC(C)C(=O)OC1=CCC2(O)C3Cc4ccc(O)c5c4C2(CCN3C)C1O5. The molecule has 0 saturated carbocycles. The van der Waals surface area contributed by atoms with Crippen molar-refractivity contribution in [2.45, 2.75) is 88.4 Å². The van der Waals surface area contributed by atoms with E-state index < -0.39 is 59.2 Å². The van der Waals surface area contributed by atoms with E-state index in [1.54, 1.807) is 12.1 Å². The number of likely N-dealkylation sites (N-methyl/N-ethyl adjacent to an activating group) is 1. The van der Waals surface area contributed by atoms with Gasteiger partial charge in [0.1, 0.15) is 11.8 Å². The number of rotatable bonds is 7. The van der Waals surface area contributed by atoms with Crippen LogP contribution in [0.1, 0.15) is 51.7 Å². The maximum Gasteiger partial charge on any atom is 0.352 e. The Bertz CT molecular complexity index is 1310. The topological polar surface area (TPSA) is 161 Å². The van der Waals surface area contributed by atoms with Gasteiger partial charge < -0.3 is 39.4 Å². The van der Waals surface area contributed by atoms with Gasteiger partial charge in [0.15, 0.2) is 29.8 Å². The van der Waals surface area contributed by atoms with Crippen LogP contribution >= 0.6 is 0 Å². The van der Waals surface area contributed by atoms with Crippen molar-refractivity contribution in [1.29, 1.82) is 0 Å². The number of amides is 1. The lowest BCUT2D eigenvalue weighted by Crippen LogP contribution is -2.74. The van der Waals surface area contributed by atoms with Crippen LogP contribution in [-0.4, -0.2) is 88.5 Å². The highest BCUT2D eigenvalue weighted by molar-refractivity contribution is 5.88. The second-order valence-electron chi connectivity index (χ2n) is 11.1. The first-order valence-corrected chi connectivity index (χ1v) is 13.3. The van der Waals surface area contributed by atoms with Crippen LogP contribution in [0.5, 0.6) is 11.5 Å². The molecule has 5 rings (SSSR count). The first-order valence-electron chi connectivity index (χ1n) is 13.3. The number of nitrogens with one attached hydrogen (secondary N) is 1. The van der Waals surface area contributed by atoms with Crippen molar-refractivity contribution in [2.24, 2.45) is 0 Å². The summed E-state index contributed by atoms with van der Waals surface area (Å²) in [6.45, 7) is 5.91. The van der Waals surface area contributed by atoms with Crippen molar-refractivity contribution in [1.82, 2.24) is 10.2 Å². The number of esters is 3. The molecular formula is C28H34N2O10. The average Bonchev–Trinajstić information content (AvgIpc) is 3.24. The minimum atomic E-state index is -1.33. The zero-order valence-electron chi connectivity index (χ0n) is 23.1. The number of phenolic OH excluding ortho intramolecular Hbond substituents is 1. The molecule has 1 spiro atoms. The number of carbonyl (C=O) groups is 4. The minimum absolute atomic E-state index is 0.0470. The normalized spacial score (nSPS) is 30.0. The second kappa shape index (κ2) is 9.77. The standard InChI is InChI=1S/C28H34N2O10/c1-13(29-24(33)14(2)37-16(4)31)25(34)38-15(3)26(35)39-19-8-9-28(36)20-12-17-6-7-18(32)22-21(17)27(28,23(19)40-22)10-11-30(20)5/h6-8,13-15,20,23,32,36H,9-12H2,1-5H3,(H,29,33). The molecule has 1 amide bonds. The van der Waals surface area contributed by atoms with Crippen molar-refractivity contribution >= 4 is 23.8 Å². The second-order valence-corrected chi connectivity index (χ2v) is 11.1. The molecule has 2 bridgehead atoms. The zero-order valence-corrected chi connectivity index (χ0v) is 23.1. The highest BCUT2D eigenvalue weighted by Gasteiger charge is 2.72. The Morgan fingerprint density at radius 2 is 1.85 bits per heavy atom. The summed E-state index contributed by atoms with van der Waals surface area (Å²) in [5, 5.41) is 25.2. The summed E-state index contributed by atoms with van der Waals surface area (Å²) in [4.78, 5) is 50.9. The molecule has 1 saturated heterocycles. The van der Waals surface area contributed by atoms with E-state index in [-0.39, 0.29) is 24.0 Å². The van der Waals surface area contributed by atoms with Crippen molar-refractivity contribution in [3.8, 4) is 11.5 Å². The molecule has 2 aliphatic carbocycles. The predicted molar refractivity (Wildman–Crippen MR) is 137 cm³/mol. The van der Waals surface area contributed by atoms with Crippen molar-refractivity contribution in [3.63, 3.8) is 0 Å². The number of benzene rings is 1. The number of carbonyl (C=O) groups excluding carboxylic acids is 4. The van der Waals surface area contributed by atoms with E-state index in [0.29, 0.717) is 25.1 Å². The van der Waals surface area contributed by atoms with E-state index >= 15 is 0 Å². The molecule has 0 aromatic heterocycles. The Kier molecular flexibility index (Phi) is 6.82. The van der Waals surface area contributed by atoms with Crippen LogP contribution < -0.4 is 10.1 Å². The third-order valence-corrected chi connectivity index (χ3v) is 8.62. The van der Waals surface area contributed by atoms with Gasteiger partial charge in [0, 0.05) is 24.9 Å². The number of likely N-dealkylation sites (tertiary alicyclic amines) is 1. The van der Waals surface area contributed by atoms with Crippen molar-refractivity contribution < 1.29 is 48.3 Å². The minimum Gasteiger partial charge on any atom is -0.504 e. The summed E-state index contributed by atoms with van der Waals surface area (Å²) in [6.07, 6.45) is -0.351. The van der Waals surface area contributed by atoms with E-state index in [1.807, 2.05) is 13.1 Å². The number of aliphatic hydroxyl groups is 1. The van der Waals surface area contributed by atoms with Gasteiger partial charge in [-0.15, -0.1) is 0 Å². The van der Waals surface area contributed by atoms with E-state index in [4.69, 9.17) is 18.9 Å². The maximum absolute atomic E-state index is 13.1. The quantitative estimate of drug-likeness (QED) is 0.318. The van der Waals surface area contributed by atoms with E-state index in [1.165, 1.54) is 20.8 Å². The zero-order chi connectivity index (χ0) is 29.1. The number of hydrogen-bond donors (Lipinski definition) is 3. The number of ether oxygens (including phenoxy) is 4. The monoisotopic (exact) mass is 558 g/mol. The molecule has 7 unspecified atom stereocenters. The molecular weight excluding hydrogens is 524 g/mol. The Balaban J connectivity index is 1.31. The molecule has 1 fully saturated rings. The number of phenols is 1. The van der Waals surface area contributed by atoms with Crippen LogP contribution in [0.2, 0.25) is 0 Å². The Morgan fingerprint density at radius 1 is 1.12 bits per heavy atom. The number of nitrogens with zero attached hydrogens (tertiary/aromatic N) is 1. The van der Waals surface area contributed by atoms with Gasteiger partial charge in [-0.25, -0.2) is 9.59 Å². The Hall–Kier alpha value is -3.64. The lowest BCUT2D eigenvalue weighted by Gasteiger charge is -2.61. The number of aromatic hydroxyl groups is 1. The predicted octanol–water partition coefficient (Wildman–Crippen LogP) is 0.601. The van der Waals surface area contributed by atoms with Gasteiger partial charge in [-0.1, -0.05) is 6.07 Å². The smallest absolute Gasteiger partial charge is 0.352 e. The lowest BCUT2D eigenvalue weighted by atomic mass is 9.50. The van der Waals surface area contributed by atoms with Crippen molar-refractivity contribution in [3.05, 3.63) is 35.1 Å². The Morgan fingerprint density at radius 3 is 2.55 bits per heavy atom. The van der Waals surface area contributed by atoms with Crippen LogP contribution in [0, 0.1) is 0 Å². The fourth-order valence-corrected chi connectivity index (χ4v) is 6.65. The van der Waals surface area contributed by atoms with Gasteiger partial charge in [-0.3, -0.25) is 9.59 Å². The van der Waals surface area contributed by atoms with E-state index in [2.05, 4.69) is 10.2 Å². The summed E-state index contributed by atoms with van der Waals surface area (Å²) in [7, 11) is 1.97. The first kappa shape index (κ1) is 27.9. The molecule has 1 aromatic rings. The molecule has 7 atom stereocenters. The fourth-order valence-electron chi connectivity index (χ4n) is 6.65. The maximum atomic E-state index is 13.1. The molecule has 12 heteroatoms. The summed E-state index contributed by atoms with van der Waals surface area (Å²) in [5.74, 6) is -2.66. The lowest BCUT2D eigenvalue weighted by molar-refractivity contribution is -0.176. The highest BCUT2D eigenvalue weighted by Crippen LogP contribution is 2.65. The number of piperidine rings is 1. The van der Waals surface area contributed by atoms with Gasteiger partial charge in [-0.2, -0.15) is 0 Å². The molecule has 216 valence electrons. The van der Waals surface area contributed by atoms with Gasteiger partial charge >= 0.3 is 17.9 Å².